The molecule has 1 aromatic heterocycles. The van der Waals surface area contributed by atoms with Gasteiger partial charge in [-0.2, -0.15) is 15.0 Å². The molecule has 0 unspecified atom stereocenters. The Morgan fingerprint density at radius 1 is 1.35 bits per heavy atom. The predicted molar refractivity (Wildman–Crippen MR) is 77.3 cm³/mol. The maximum atomic E-state index is 5.43. The quantitative estimate of drug-likeness (QED) is 0.749. The van der Waals surface area contributed by atoms with Crippen LogP contribution < -0.4 is 15.0 Å². The number of hydrogen-bond acceptors (Lipinski definition) is 7. The lowest BCUT2D eigenvalue weighted by atomic mass is 10.4. The van der Waals surface area contributed by atoms with Crippen LogP contribution in [-0.4, -0.2) is 54.4 Å². The van der Waals surface area contributed by atoms with E-state index in [1.165, 1.54) is 0 Å². The van der Waals surface area contributed by atoms with Crippen molar-refractivity contribution in [2.45, 2.75) is 13.3 Å². The summed E-state index contributed by atoms with van der Waals surface area (Å²) in [5, 5.41) is 3.16. The van der Waals surface area contributed by atoms with Gasteiger partial charge in [-0.15, -0.1) is 0 Å². The summed E-state index contributed by atoms with van der Waals surface area (Å²) in [6.45, 7) is 9.82. The molecule has 0 atom stereocenters. The summed E-state index contributed by atoms with van der Waals surface area (Å²) in [4.78, 5) is 15.1. The second kappa shape index (κ2) is 7.64. The van der Waals surface area contributed by atoms with E-state index in [-0.39, 0.29) is 0 Å². The molecular formula is C13H21N5O2. The molecule has 0 bridgehead atoms. The van der Waals surface area contributed by atoms with Crippen LogP contribution in [0.2, 0.25) is 0 Å². The molecule has 2 rings (SSSR count). The van der Waals surface area contributed by atoms with Crippen molar-refractivity contribution in [2.24, 2.45) is 0 Å². The Balaban J connectivity index is 2.16. The van der Waals surface area contributed by atoms with Gasteiger partial charge in [0.15, 0.2) is 0 Å². The molecule has 1 aliphatic rings. The van der Waals surface area contributed by atoms with E-state index in [0.29, 0.717) is 37.7 Å². The van der Waals surface area contributed by atoms with E-state index in [1.54, 1.807) is 6.08 Å². The molecule has 110 valence electrons. The van der Waals surface area contributed by atoms with Gasteiger partial charge in [-0.25, -0.2) is 0 Å². The van der Waals surface area contributed by atoms with E-state index >= 15 is 0 Å². The zero-order valence-corrected chi connectivity index (χ0v) is 11.8. The maximum Gasteiger partial charge on any atom is 0.323 e. The summed E-state index contributed by atoms with van der Waals surface area (Å²) in [7, 11) is 0. The fourth-order valence-corrected chi connectivity index (χ4v) is 1.76. The fraction of sp³-hybridized carbons (Fsp3) is 0.615. The summed E-state index contributed by atoms with van der Waals surface area (Å²) >= 11 is 0. The number of aromatic nitrogens is 3. The maximum absolute atomic E-state index is 5.43. The lowest BCUT2D eigenvalue weighted by Gasteiger charge is -2.26. The van der Waals surface area contributed by atoms with Gasteiger partial charge in [-0.1, -0.05) is 19.6 Å². The summed E-state index contributed by atoms with van der Waals surface area (Å²) in [5.41, 5.74) is 0. The van der Waals surface area contributed by atoms with Gasteiger partial charge in [-0.3, -0.25) is 0 Å². The van der Waals surface area contributed by atoms with Gasteiger partial charge in [-0.05, 0) is 6.42 Å². The molecule has 1 saturated heterocycles. The first-order valence-electron chi connectivity index (χ1n) is 6.90. The first-order chi connectivity index (χ1) is 9.83. The standard InChI is InChI=1S/C13H21N5O2/c1-3-5-14-11-15-12(18-6-9-19-10-7-18)17-13(16-11)20-8-4-2/h4H,2-3,5-10H2,1H3,(H,14,15,16,17). The monoisotopic (exact) mass is 279 g/mol. The molecule has 0 aliphatic carbocycles. The topological polar surface area (TPSA) is 72.4 Å². The molecular weight excluding hydrogens is 258 g/mol. The highest BCUT2D eigenvalue weighted by Crippen LogP contribution is 2.16. The number of morpholine rings is 1. The highest BCUT2D eigenvalue weighted by Gasteiger charge is 2.16. The third-order valence-electron chi connectivity index (χ3n) is 2.76. The molecule has 1 fully saturated rings. The summed E-state index contributed by atoms with van der Waals surface area (Å²) in [5.74, 6) is 1.17. The molecule has 1 N–H and O–H groups in total. The van der Waals surface area contributed by atoms with Gasteiger partial charge < -0.3 is 19.7 Å². The summed E-state index contributed by atoms with van der Waals surface area (Å²) in [6.07, 6.45) is 2.67. The zero-order chi connectivity index (χ0) is 14.2. The third kappa shape index (κ3) is 4.06. The lowest BCUT2D eigenvalue weighted by Crippen LogP contribution is -2.37. The van der Waals surface area contributed by atoms with Crippen LogP contribution in [0.15, 0.2) is 12.7 Å². The van der Waals surface area contributed by atoms with Gasteiger partial charge in [0, 0.05) is 19.6 Å². The first-order valence-corrected chi connectivity index (χ1v) is 6.90. The Kier molecular flexibility index (Phi) is 5.55. The van der Waals surface area contributed by atoms with Crippen LogP contribution >= 0.6 is 0 Å². The number of nitrogens with one attached hydrogen (secondary N) is 1. The number of nitrogens with zero attached hydrogens (tertiary/aromatic N) is 4. The highest BCUT2D eigenvalue weighted by atomic mass is 16.5. The molecule has 7 heteroatoms. The Hall–Kier alpha value is -1.89. The van der Waals surface area contributed by atoms with E-state index < -0.39 is 0 Å². The van der Waals surface area contributed by atoms with Crippen LogP contribution in [0.1, 0.15) is 13.3 Å². The minimum Gasteiger partial charge on any atom is -0.459 e. The molecule has 2 heterocycles. The molecule has 0 spiro atoms. The van der Waals surface area contributed by atoms with E-state index in [2.05, 4.69) is 38.7 Å². The van der Waals surface area contributed by atoms with Crippen LogP contribution in [0.4, 0.5) is 11.9 Å². The van der Waals surface area contributed by atoms with Crippen molar-refractivity contribution in [1.29, 1.82) is 0 Å². The van der Waals surface area contributed by atoms with E-state index in [9.17, 15) is 0 Å². The van der Waals surface area contributed by atoms with Gasteiger partial charge >= 0.3 is 6.01 Å². The average molecular weight is 279 g/mol. The first kappa shape index (κ1) is 14.5. The van der Waals surface area contributed by atoms with Gasteiger partial charge in [0.1, 0.15) is 6.61 Å². The molecule has 0 radical (unpaired) electrons. The summed E-state index contributed by atoms with van der Waals surface area (Å²) < 4.78 is 10.8. The largest absolute Gasteiger partial charge is 0.459 e. The second-order valence-corrected chi connectivity index (χ2v) is 4.37. The fourth-order valence-electron chi connectivity index (χ4n) is 1.76. The van der Waals surface area contributed by atoms with Crippen LogP contribution in [-0.2, 0) is 4.74 Å². The van der Waals surface area contributed by atoms with Crippen LogP contribution in [0.5, 0.6) is 6.01 Å². The minimum atomic E-state index is 0.319. The predicted octanol–water partition coefficient (Wildman–Crippen LogP) is 1.09. The lowest BCUT2D eigenvalue weighted by molar-refractivity contribution is 0.122. The molecule has 0 aromatic carbocycles. The minimum absolute atomic E-state index is 0.319. The Labute approximate surface area is 119 Å². The zero-order valence-electron chi connectivity index (χ0n) is 11.8. The number of ether oxygens (including phenoxy) is 2. The van der Waals surface area contributed by atoms with Crippen molar-refractivity contribution in [1.82, 2.24) is 15.0 Å². The van der Waals surface area contributed by atoms with Crippen LogP contribution in [0.25, 0.3) is 0 Å². The van der Waals surface area contributed by atoms with Crippen LogP contribution in [0.3, 0.4) is 0 Å². The average Bonchev–Trinajstić information content (AvgIpc) is 2.51. The Morgan fingerprint density at radius 2 is 2.15 bits per heavy atom. The van der Waals surface area contributed by atoms with Gasteiger partial charge in [0.25, 0.3) is 0 Å². The van der Waals surface area contributed by atoms with Crippen LogP contribution in [0, 0.1) is 0 Å². The van der Waals surface area contributed by atoms with Crippen molar-refractivity contribution in [3.63, 3.8) is 0 Å². The van der Waals surface area contributed by atoms with Crippen molar-refractivity contribution in [3.8, 4) is 6.01 Å². The Morgan fingerprint density at radius 3 is 2.85 bits per heavy atom. The van der Waals surface area contributed by atoms with E-state index in [1.807, 2.05) is 0 Å². The molecule has 0 saturated carbocycles. The molecule has 0 amide bonds. The number of anilines is 2. The molecule has 1 aromatic rings. The van der Waals surface area contributed by atoms with E-state index in [0.717, 1.165) is 26.1 Å². The second-order valence-electron chi connectivity index (χ2n) is 4.37. The molecule has 20 heavy (non-hydrogen) atoms. The van der Waals surface area contributed by atoms with Crippen molar-refractivity contribution >= 4 is 11.9 Å². The number of hydrogen-bond donors (Lipinski definition) is 1. The SMILES string of the molecule is C=CCOc1nc(NCCC)nc(N2CCOCC2)n1. The Bertz CT molecular complexity index is 435. The highest BCUT2D eigenvalue weighted by molar-refractivity contribution is 5.38. The third-order valence-corrected chi connectivity index (χ3v) is 2.76. The number of rotatable bonds is 7. The van der Waals surface area contributed by atoms with Gasteiger partial charge in [0.2, 0.25) is 11.9 Å². The molecule has 1 aliphatic heterocycles. The normalized spacial score (nSPS) is 14.9. The van der Waals surface area contributed by atoms with Crippen molar-refractivity contribution in [2.75, 3.05) is 49.7 Å². The summed E-state index contributed by atoms with van der Waals surface area (Å²) in [6, 6.07) is 0.319. The smallest absolute Gasteiger partial charge is 0.323 e. The van der Waals surface area contributed by atoms with Crippen molar-refractivity contribution < 1.29 is 9.47 Å². The molecule has 7 nitrogen and oxygen atoms in total. The van der Waals surface area contributed by atoms with Crippen molar-refractivity contribution in [3.05, 3.63) is 12.7 Å². The van der Waals surface area contributed by atoms with Gasteiger partial charge in [0.05, 0.1) is 13.2 Å². The van der Waals surface area contributed by atoms with E-state index in [4.69, 9.17) is 9.47 Å².